The maximum atomic E-state index is 13.3. The lowest BCUT2D eigenvalue weighted by Gasteiger charge is -2.26. The number of ether oxygens (including phenoxy) is 1. The molecule has 2 N–H and O–H groups in total. The topological polar surface area (TPSA) is 87.7 Å². The Balaban J connectivity index is 1.82. The van der Waals surface area contributed by atoms with E-state index in [2.05, 4.69) is 10.6 Å². The van der Waals surface area contributed by atoms with Crippen molar-refractivity contribution in [3.8, 4) is 5.75 Å². The fourth-order valence-corrected chi connectivity index (χ4v) is 3.95. The fourth-order valence-electron chi connectivity index (χ4n) is 3.95. The summed E-state index contributed by atoms with van der Waals surface area (Å²) in [6, 6.07) is 12.3. The van der Waals surface area contributed by atoms with E-state index < -0.39 is 23.4 Å². The third kappa shape index (κ3) is 4.13. The van der Waals surface area contributed by atoms with Crippen LogP contribution in [0.2, 0.25) is 0 Å². The first-order chi connectivity index (χ1) is 14.7. The second kappa shape index (κ2) is 8.79. The van der Waals surface area contributed by atoms with E-state index in [0.717, 1.165) is 21.7 Å². The van der Waals surface area contributed by atoms with Crippen molar-refractivity contribution in [1.29, 1.82) is 0 Å². The normalized spacial score (nSPS) is 18.3. The van der Waals surface area contributed by atoms with Crippen molar-refractivity contribution in [2.45, 2.75) is 45.6 Å². The molecule has 1 aliphatic rings. The SMILES string of the molecule is CC[C@]1(c2ccc(OC)cc2)NC(=O)N(CC(=O)Nc2c(C)cccc2C(C)C)C1=O. The molecular formula is C24H29N3O4. The molecule has 0 aromatic heterocycles. The van der Waals surface area contributed by atoms with E-state index in [4.69, 9.17) is 4.74 Å². The highest BCUT2D eigenvalue weighted by atomic mass is 16.5. The van der Waals surface area contributed by atoms with Crippen molar-refractivity contribution in [1.82, 2.24) is 10.2 Å². The monoisotopic (exact) mass is 423 g/mol. The number of urea groups is 1. The molecule has 1 saturated heterocycles. The summed E-state index contributed by atoms with van der Waals surface area (Å²) in [5.74, 6) is 0.0208. The summed E-state index contributed by atoms with van der Waals surface area (Å²) in [5, 5.41) is 5.70. The Labute approximate surface area is 182 Å². The molecule has 2 aromatic rings. The molecule has 1 aliphatic heterocycles. The van der Waals surface area contributed by atoms with Crippen molar-refractivity contribution in [3.63, 3.8) is 0 Å². The highest BCUT2D eigenvalue weighted by Gasteiger charge is 2.51. The van der Waals surface area contributed by atoms with Gasteiger partial charge in [-0.25, -0.2) is 4.79 Å². The van der Waals surface area contributed by atoms with Crippen LogP contribution in [0.4, 0.5) is 10.5 Å². The number of carbonyl (C=O) groups excluding carboxylic acids is 3. The van der Waals surface area contributed by atoms with Gasteiger partial charge in [0.15, 0.2) is 0 Å². The standard InChI is InChI=1S/C24H29N3O4/c1-6-24(17-10-12-18(31-5)13-11-17)22(29)27(23(30)26-24)14-20(28)25-21-16(4)8-7-9-19(21)15(2)3/h7-13,15H,6,14H2,1-5H3,(H,25,28)(H,26,30)/t24-/m1/s1. The van der Waals surface area contributed by atoms with Crippen LogP contribution in [0.5, 0.6) is 5.75 Å². The second-order valence-corrected chi connectivity index (χ2v) is 8.05. The van der Waals surface area contributed by atoms with Crippen LogP contribution in [0.1, 0.15) is 49.8 Å². The summed E-state index contributed by atoms with van der Waals surface area (Å²) in [6.07, 6.45) is 0.358. The predicted molar refractivity (Wildman–Crippen MR) is 119 cm³/mol. The van der Waals surface area contributed by atoms with Crippen molar-refractivity contribution in [2.75, 3.05) is 19.0 Å². The molecule has 1 heterocycles. The minimum absolute atomic E-state index is 0.217. The minimum Gasteiger partial charge on any atom is -0.497 e. The van der Waals surface area contributed by atoms with Gasteiger partial charge in [0.2, 0.25) is 5.91 Å². The van der Waals surface area contributed by atoms with E-state index in [1.54, 1.807) is 31.4 Å². The van der Waals surface area contributed by atoms with Crippen LogP contribution >= 0.6 is 0 Å². The smallest absolute Gasteiger partial charge is 0.325 e. The number of nitrogens with zero attached hydrogens (tertiary/aromatic N) is 1. The average Bonchev–Trinajstić information content (AvgIpc) is 3.00. The number of aryl methyl sites for hydroxylation is 1. The van der Waals surface area contributed by atoms with E-state index in [1.165, 1.54) is 0 Å². The molecule has 1 atom stereocenters. The molecule has 7 nitrogen and oxygen atoms in total. The van der Waals surface area contributed by atoms with Gasteiger partial charge in [0.05, 0.1) is 7.11 Å². The quantitative estimate of drug-likeness (QED) is 0.661. The number of benzene rings is 2. The van der Waals surface area contributed by atoms with Crippen LogP contribution in [0.3, 0.4) is 0 Å². The Morgan fingerprint density at radius 1 is 1.16 bits per heavy atom. The summed E-state index contributed by atoms with van der Waals surface area (Å²) in [5.41, 5.74) is 2.11. The van der Waals surface area contributed by atoms with E-state index in [0.29, 0.717) is 17.7 Å². The summed E-state index contributed by atoms with van der Waals surface area (Å²) in [4.78, 5) is 39.7. The van der Waals surface area contributed by atoms with E-state index >= 15 is 0 Å². The zero-order valence-electron chi connectivity index (χ0n) is 18.6. The summed E-state index contributed by atoms with van der Waals surface area (Å²) < 4.78 is 5.18. The predicted octanol–water partition coefficient (Wildman–Crippen LogP) is 3.92. The number of methoxy groups -OCH3 is 1. The van der Waals surface area contributed by atoms with Crippen LogP contribution in [0.25, 0.3) is 0 Å². The van der Waals surface area contributed by atoms with Crippen molar-refractivity contribution < 1.29 is 19.1 Å². The number of carbonyl (C=O) groups is 3. The molecule has 0 radical (unpaired) electrons. The van der Waals surface area contributed by atoms with Gasteiger partial charge in [-0.15, -0.1) is 0 Å². The maximum Gasteiger partial charge on any atom is 0.325 e. The first-order valence-corrected chi connectivity index (χ1v) is 10.4. The number of hydrogen-bond donors (Lipinski definition) is 2. The second-order valence-electron chi connectivity index (χ2n) is 8.05. The zero-order valence-corrected chi connectivity index (χ0v) is 18.6. The molecule has 0 unspecified atom stereocenters. The van der Waals surface area contributed by atoms with Crippen molar-refractivity contribution in [2.24, 2.45) is 0 Å². The fraction of sp³-hybridized carbons (Fsp3) is 0.375. The summed E-state index contributed by atoms with van der Waals surface area (Å²) >= 11 is 0. The molecule has 2 aromatic carbocycles. The third-order valence-corrected chi connectivity index (χ3v) is 5.78. The number of imide groups is 1. The van der Waals surface area contributed by atoms with Gasteiger partial charge in [0.25, 0.3) is 5.91 Å². The van der Waals surface area contributed by atoms with Gasteiger partial charge in [-0.2, -0.15) is 0 Å². The molecule has 0 saturated carbocycles. The number of hydrogen-bond acceptors (Lipinski definition) is 4. The minimum atomic E-state index is -1.20. The highest BCUT2D eigenvalue weighted by Crippen LogP contribution is 2.33. The molecule has 0 aliphatic carbocycles. The largest absolute Gasteiger partial charge is 0.497 e. The van der Waals surface area contributed by atoms with E-state index in [-0.39, 0.29) is 12.5 Å². The Kier molecular flexibility index (Phi) is 6.34. The third-order valence-electron chi connectivity index (χ3n) is 5.78. The molecule has 1 fully saturated rings. The lowest BCUT2D eigenvalue weighted by molar-refractivity contribution is -0.134. The zero-order chi connectivity index (χ0) is 22.8. The van der Waals surface area contributed by atoms with Crippen LogP contribution < -0.4 is 15.4 Å². The first-order valence-electron chi connectivity index (χ1n) is 10.4. The Bertz CT molecular complexity index is 1000. The summed E-state index contributed by atoms with van der Waals surface area (Å²) in [6.45, 7) is 7.49. The van der Waals surface area contributed by atoms with Gasteiger partial charge in [-0.3, -0.25) is 14.5 Å². The molecule has 3 rings (SSSR count). The number of rotatable bonds is 7. The highest BCUT2D eigenvalue weighted by molar-refractivity contribution is 6.10. The van der Waals surface area contributed by atoms with Crippen LogP contribution in [0.15, 0.2) is 42.5 Å². The molecule has 31 heavy (non-hydrogen) atoms. The average molecular weight is 424 g/mol. The lowest BCUT2D eigenvalue weighted by Crippen LogP contribution is -2.44. The number of nitrogens with one attached hydrogen (secondary N) is 2. The number of para-hydroxylation sites is 1. The lowest BCUT2D eigenvalue weighted by atomic mass is 9.87. The van der Waals surface area contributed by atoms with E-state index in [1.807, 2.05) is 45.9 Å². The molecule has 4 amide bonds. The molecular weight excluding hydrogens is 394 g/mol. The van der Waals surface area contributed by atoms with Crippen molar-refractivity contribution in [3.05, 3.63) is 59.2 Å². The van der Waals surface area contributed by atoms with Crippen LogP contribution in [-0.2, 0) is 15.1 Å². The van der Waals surface area contributed by atoms with Crippen molar-refractivity contribution >= 4 is 23.5 Å². The van der Waals surface area contributed by atoms with Gasteiger partial charge < -0.3 is 15.4 Å². The molecule has 164 valence electrons. The van der Waals surface area contributed by atoms with Crippen LogP contribution in [-0.4, -0.2) is 36.4 Å². The molecule has 0 bridgehead atoms. The Hall–Kier alpha value is -3.35. The van der Waals surface area contributed by atoms with Gasteiger partial charge in [-0.05, 0) is 48.1 Å². The number of anilines is 1. The molecule has 0 spiro atoms. The number of amides is 4. The van der Waals surface area contributed by atoms with Gasteiger partial charge >= 0.3 is 6.03 Å². The Morgan fingerprint density at radius 3 is 2.42 bits per heavy atom. The molecule has 7 heteroatoms. The van der Waals surface area contributed by atoms with E-state index in [9.17, 15) is 14.4 Å². The van der Waals surface area contributed by atoms with Gasteiger partial charge in [0.1, 0.15) is 17.8 Å². The van der Waals surface area contributed by atoms with Gasteiger partial charge in [0, 0.05) is 5.69 Å². The summed E-state index contributed by atoms with van der Waals surface area (Å²) in [7, 11) is 1.56. The van der Waals surface area contributed by atoms with Gasteiger partial charge in [-0.1, -0.05) is 51.1 Å². The Morgan fingerprint density at radius 2 is 1.84 bits per heavy atom. The maximum absolute atomic E-state index is 13.3. The van der Waals surface area contributed by atoms with Crippen LogP contribution in [0, 0.1) is 6.92 Å². The first kappa shape index (κ1) is 22.3.